The molecular weight excluding hydrogens is 380 g/mol. The van der Waals surface area contributed by atoms with Gasteiger partial charge in [-0.25, -0.2) is 0 Å². The molecule has 0 unspecified atom stereocenters. The van der Waals surface area contributed by atoms with Crippen LogP contribution in [0.3, 0.4) is 0 Å². The summed E-state index contributed by atoms with van der Waals surface area (Å²) < 4.78 is 0. The molecule has 1 aliphatic rings. The lowest BCUT2D eigenvalue weighted by Crippen LogP contribution is -2.50. The zero-order chi connectivity index (χ0) is 20.1. The normalized spacial score (nSPS) is 14.7. The average molecular weight is 402 g/mol. The minimum atomic E-state index is -0.464. The molecule has 0 aliphatic carbocycles. The van der Waals surface area contributed by atoms with Crippen molar-refractivity contribution < 1.29 is 14.5 Å². The van der Waals surface area contributed by atoms with Crippen molar-refractivity contribution in [1.29, 1.82) is 0 Å². The van der Waals surface area contributed by atoms with Crippen LogP contribution in [0.15, 0.2) is 35.7 Å². The van der Waals surface area contributed by atoms with Crippen LogP contribution in [0.5, 0.6) is 0 Å². The number of nitro benzene ring substituents is 1. The van der Waals surface area contributed by atoms with Gasteiger partial charge in [-0.2, -0.15) is 0 Å². The quantitative estimate of drug-likeness (QED) is 0.590. The van der Waals surface area contributed by atoms with Gasteiger partial charge < -0.3 is 10.2 Å². The fraction of sp³-hybridized carbons (Fsp3) is 0.368. The Morgan fingerprint density at radius 2 is 1.93 bits per heavy atom. The van der Waals surface area contributed by atoms with Crippen LogP contribution in [0.25, 0.3) is 0 Å². The van der Waals surface area contributed by atoms with Crippen molar-refractivity contribution >= 4 is 28.8 Å². The summed E-state index contributed by atoms with van der Waals surface area (Å²) in [4.78, 5) is 39.9. The molecule has 0 saturated carbocycles. The van der Waals surface area contributed by atoms with Crippen LogP contribution in [0.4, 0.5) is 5.69 Å². The third-order valence-electron chi connectivity index (χ3n) is 4.85. The molecule has 0 bridgehead atoms. The first-order valence-electron chi connectivity index (χ1n) is 9.04. The van der Waals surface area contributed by atoms with E-state index in [9.17, 15) is 19.7 Å². The summed E-state index contributed by atoms with van der Waals surface area (Å²) in [5, 5.41) is 15.9. The lowest BCUT2D eigenvalue weighted by Gasteiger charge is -2.35. The van der Waals surface area contributed by atoms with E-state index in [0.29, 0.717) is 48.7 Å². The second-order valence-electron chi connectivity index (χ2n) is 6.57. The number of nitrogens with one attached hydrogen (secondary N) is 1. The van der Waals surface area contributed by atoms with Gasteiger partial charge in [0.1, 0.15) is 0 Å². The zero-order valence-corrected chi connectivity index (χ0v) is 16.4. The Kier molecular flexibility index (Phi) is 6.37. The highest BCUT2D eigenvalue weighted by atomic mass is 32.1. The first kappa shape index (κ1) is 20.0. The Morgan fingerprint density at radius 1 is 1.18 bits per heavy atom. The fourth-order valence-corrected chi connectivity index (χ4v) is 3.86. The van der Waals surface area contributed by atoms with Crippen LogP contribution in [-0.4, -0.2) is 65.8 Å². The lowest BCUT2D eigenvalue weighted by molar-refractivity contribution is -0.385. The second-order valence-corrected chi connectivity index (χ2v) is 7.52. The van der Waals surface area contributed by atoms with Gasteiger partial charge in [-0.1, -0.05) is 12.1 Å². The summed E-state index contributed by atoms with van der Waals surface area (Å²) in [6.45, 7) is 5.39. The van der Waals surface area contributed by atoms with Crippen molar-refractivity contribution in [2.75, 3.05) is 39.3 Å². The van der Waals surface area contributed by atoms with Crippen LogP contribution in [0.1, 0.15) is 25.6 Å². The van der Waals surface area contributed by atoms with Crippen LogP contribution < -0.4 is 5.32 Å². The van der Waals surface area contributed by atoms with E-state index in [0.717, 1.165) is 6.54 Å². The molecule has 0 spiro atoms. The monoisotopic (exact) mass is 402 g/mol. The van der Waals surface area contributed by atoms with Crippen molar-refractivity contribution in [3.63, 3.8) is 0 Å². The van der Waals surface area contributed by atoms with Crippen molar-refractivity contribution in [1.82, 2.24) is 15.1 Å². The van der Waals surface area contributed by atoms with E-state index in [1.165, 1.54) is 17.4 Å². The molecule has 1 aromatic heterocycles. The number of nitrogens with zero attached hydrogens (tertiary/aromatic N) is 3. The minimum Gasteiger partial charge on any atom is -0.350 e. The van der Waals surface area contributed by atoms with E-state index in [4.69, 9.17) is 0 Å². The summed E-state index contributed by atoms with van der Waals surface area (Å²) in [5.74, 6) is -0.239. The molecule has 2 amide bonds. The summed E-state index contributed by atoms with van der Waals surface area (Å²) in [6, 6.07) is 8.23. The van der Waals surface area contributed by atoms with Gasteiger partial charge in [0.2, 0.25) is 0 Å². The standard InChI is InChI=1S/C19H22N4O4S/c1-14-15(4-2-5-16(14)23(26)27)19(25)22-11-9-21(10-12-22)8-7-20-18(24)17-6-3-13-28-17/h2-6,13H,7-12H2,1H3,(H,20,24). The van der Waals surface area contributed by atoms with Gasteiger partial charge in [0.25, 0.3) is 17.5 Å². The van der Waals surface area contributed by atoms with E-state index >= 15 is 0 Å². The third-order valence-corrected chi connectivity index (χ3v) is 5.72. The largest absolute Gasteiger partial charge is 0.350 e. The van der Waals surface area contributed by atoms with Crippen molar-refractivity contribution in [3.05, 3.63) is 61.8 Å². The Morgan fingerprint density at radius 3 is 2.57 bits per heavy atom. The summed E-state index contributed by atoms with van der Waals surface area (Å²) in [5.41, 5.74) is 0.744. The lowest BCUT2D eigenvalue weighted by atomic mass is 10.1. The van der Waals surface area contributed by atoms with Crippen LogP contribution in [0.2, 0.25) is 0 Å². The second kappa shape index (κ2) is 8.94. The molecule has 8 nitrogen and oxygen atoms in total. The van der Waals surface area contributed by atoms with Gasteiger partial charge in [0.15, 0.2) is 0 Å². The van der Waals surface area contributed by atoms with Crippen LogP contribution in [0, 0.1) is 17.0 Å². The molecule has 1 aliphatic heterocycles. The molecule has 2 aromatic rings. The molecular formula is C19H22N4O4S. The maximum atomic E-state index is 12.8. The highest BCUT2D eigenvalue weighted by molar-refractivity contribution is 7.12. The highest BCUT2D eigenvalue weighted by Crippen LogP contribution is 2.22. The van der Waals surface area contributed by atoms with E-state index in [1.807, 2.05) is 11.4 Å². The average Bonchev–Trinajstić information content (AvgIpc) is 3.23. The Balaban J connectivity index is 1.49. The maximum absolute atomic E-state index is 12.8. The molecule has 28 heavy (non-hydrogen) atoms. The Labute approximate surface area is 166 Å². The molecule has 2 heterocycles. The number of rotatable bonds is 6. The van der Waals surface area contributed by atoms with E-state index in [1.54, 1.807) is 30.0 Å². The van der Waals surface area contributed by atoms with Gasteiger partial charge in [-0.05, 0) is 24.4 Å². The number of thiophene rings is 1. The Bertz CT molecular complexity index is 861. The number of piperazine rings is 1. The van der Waals surface area contributed by atoms with Gasteiger partial charge in [-0.3, -0.25) is 24.6 Å². The third kappa shape index (κ3) is 4.55. The maximum Gasteiger partial charge on any atom is 0.273 e. The smallest absolute Gasteiger partial charge is 0.273 e. The number of hydrogen-bond acceptors (Lipinski definition) is 6. The van der Waals surface area contributed by atoms with Crippen molar-refractivity contribution in [2.45, 2.75) is 6.92 Å². The summed E-state index contributed by atoms with van der Waals surface area (Å²) in [7, 11) is 0. The molecule has 1 fully saturated rings. The van der Waals surface area contributed by atoms with E-state index in [-0.39, 0.29) is 17.5 Å². The molecule has 9 heteroatoms. The molecule has 0 radical (unpaired) electrons. The van der Waals surface area contributed by atoms with Gasteiger partial charge in [0.05, 0.1) is 9.80 Å². The first-order chi connectivity index (χ1) is 13.5. The SMILES string of the molecule is Cc1c(C(=O)N2CCN(CCNC(=O)c3cccs3)CC2)cccc1[N+](=O)[O-]. The van der Waals surface area contributed by atoms with Crippen LogP contribution in [-0.2, 0) is 0 Å². The number of amides is 2. The number of hydrogen-bond donors (Lipinski definition) is 1. The van der Waals surface area contributed by atoms with Crippen LogP contribution >= 0.6 is 11.3 Å². The van der Waals surface area contributed by atoms with Crippen molar-refractivity contribution in [2.24, 2.45) is 0 Å². The summed E-state index contributed by atoms with van der Waals surface area (Å²) in [6.07, 6.45) is 0. The predicted molar refractivity (Wildman–Crippen MR) is 107 cm³/mol. The molecule has 1 N–H and O–H groups in total. The summed E-state index contributed by atoms with van der Waals surface area (Å²) >= 11 is 1.41. The van der Waals surface area contributed by atoms with Gasteiger partial charge in [-0.15, -0.1) is 11.3 Å². The molecule has 1 saturated heterocycles. The molecule has 3 rings (SSSR count). The van der Waals surface area contributed by atoms with E-state index in [2.05, 4.69) is 10.2 Å². The molecule has 148 valence electrons. The number of nitro groups is 1. The first-order valence-corrected chi connectivity index (χ1v) is 9.92. The fourth-order valence-electron chi connectivity index (χ4n) is 3.22. The van der Waals surface area contributed by atoms with Gasteiger partial charge in [0, 0.05) is 56.5 Å². The topological polar surface area (TPSA) is 95.8 Å². The highest BCUT2D eigenvalue weighted by Gasteiger charge is 2.25. The number of benzene rings is 1. The predicted octanol–water partition coefficient (Wildman–Crippen LogP) is 2.15. The Hall–Kier alpha value is -2.78. The van der Waals surface area contributed by atoms with E-state index < -0.39 is 4.92 Å². The molecule has 1 aromatic carbocycles. The molecule has 0 atom stereocenters. The van der Waals surface area contributed by atoms with Crippen molar-refractivity contribution in [3.8, 4) is 0 Å². The minimum absolute atomic E-state index is 0.0361. The number of carbonyl (C=O) groups excluding carboxylic acids is 2. The van der Waals surface area contributed by atoms with Gasteiger partial charge >= 0.3 is 0 Å². The zero-order valence-electron chi connectivity index (χ0n) is 15.6. The number of carbonyl (C=O) groups is 2.